The van der Waals surface area contributed by atoms with Crippen molar-refractivity contribution in [1.82, 2.24) is 20.0 Å². The third-order valence-corrected chi connectivity index (χ3v) is 6.54. The van der Waals surface area contributed by atoms with Crippen molar-refractivity contribution in [3.8, 4) is 0 Å². The molecule has 2 aliphatic heterocycles. The van der Waals surface area contributed by atoms with Gasteiger partial charge in [-0.25, -0.2) is 0 Å². The molecule has 8 nitrogen and oxygen atoms in total. The van der Waals surface area contributed by atoms with Crippen LogP contribution in [0.4, 0.5) is 5.69 Å². The highest BCUT2D eigenvalue weighted by atomic mass is 35.5. The summed E-state index contributed by atoms with van der Waals surface area (Å²) in [5.74, 6) is -0.738. The van der Waals surface area contributed by atoms with Gasteiger partial charge in [0.1, 0.15) is 0 Å². The second-order valence-electron chi connectivity index (χ2n) is 7.50. The summed E-state index contributed by atoms with van der Waals surface area (Å²) in [5.41, 5.74) is 0.576. The molecule has 2 saturated heterocycles. The molecule has 1 aromatic carbocycles. The van der Waals surface area contributed by atoms with E-state index >= 15 is 0 Å². The van der Waals surface area contributed by atoms with E-state index in [1.165, 1.54) is 0 Å². The fraction of sp³-hybridized carbons (Fsp3) is 0.450. The Hall–Kier alpha value is -2.52. The van der Waals surface area contributed by atoms with Crippen LogP contribution in [0.15, 0.2) is 24.3 Å². The molecule has 0 aliphatic carbocycles. The number of piperidine rings is 1. The first-order valence-corrected chi connectivity index (χ1v) is 11.2. The predicted octanol–water partition coefficient (Wildman–Crippen LogP) is 2.92. The number of nitrogens with one attached hydrogen (secondary N) is 1. The maximum Gasteiger partial charge on any atom is 0.286 e. The number of likely N-dealkylation sites (tertiary alicyclic amines) is 2. The molecule has 3 amide bonds. The number of carbonyl (C=O) groups is 3. The average Bonchev–Trinajstić information content (AvgIpc) is 3.47. The van der Waals surface area contributed by atoms with Gasteiger partial charge in [-0.15, -0.1) is 10.2 Å². The second kappa shape index (κ2) is 9.09. The standard InChI is InChI=1S/C20H22ClN5O3S/c21-14-5-7-15(8-6-14)22-16(27)17-23-24-18(30-17)20(29)26-11-3-4-13(12-26)19(28)25-9-1-2-10-25/h5-8,13H,1-4,9-12H2,(H,22,27)/t13-/m0/s1. The van der Waals surface area contributed by atoms with Crippen LogP contribution in [0.25, 0.3) is 0 Å². The predicted molar refractivity (Wildman–Crippen MR) is 114 cm³/mol. The largest absolute Gasteiger partial charge is 0.342 e. The fourth-order valence-electron chi connectivity index (χ4n) is 3.81. The number of hydrogen-bond acceptors (Lipinski definition) is 6. The molecule has 0 bridgehead atoms. The number of carbonyl (C=O) groups excluding carboxylic acids is 3. The second-order valence-corrected chi connectivity index (χ2v) is 8.91. The Bertz CT molecular complexity index is 942. The Kier molecular flexibility index (Phi) is 6.29. The van der Waals surface area contributed by atoms with Gasteiger partial charge in [-0.2, -0.15) is 0 Å². The van der Waals surface area contributed by atoms with Crippen LogP contribution in [-0.4, -0.2) is 63.9 Å². The Morgan fingerprint density at radius 1 is 0.967 bits per heavy atom. The smallest absolute Gasteiger partial charge is 0.286 e. The molecule has 2 aliphatic rings. The fourth-order valence-corrected chi connectivity index (χ4v) is 4.65. The summed E-state index contributed by atoms with van der Waals surface area (Å²) in [6.45, 7) is 2.59. The summed E-state index contributed by atoms with van der Waals surface area (Å²) < 4.78 is 0. The van der Waals surface area contributed by atoms with Gasteiger partial charge >= 0.3 is 0 Å². The van der Waals surface area contributed by atoms with E-state index in [1.54, 1.807) is 29.2 Å². The van der Waals surface area contributed by atoms with Crippen molar-refractivity contribution >= 4 is 46.3 Å². The third kappa shape index (κ3) is 4.62. The molecule has 0 unspecified atom stereocenters. The van der Waals surface area contributed by atoms with Crippen molar-refractivity contribution in [3.63, 3.8) is 0 Å². The lowest BCUT2D eigenvalue weighted by Gasteiger charge is -2.33. The number of nitrogens with zero attached hydrogens (tertiary/aromatic N) is 4. The number of halogens is 1. The van der Waals surface area contributed by atoms with E-state index in [0.717, 1.165) is 50.1 Å². The molecule has 30 heavy (non-hydrogen) atoms. The quantitative estimate of drug-likeness (QED) is 0.777. The van der Waals surface area contributed by atoms with Crippen LogP contribution in [-0.2, 0) is 4.79 Å². The van der Waals surface area contributed by atoms with Gasteiger partial charge in [-0.3, -0.25) is 14.4 Å². The van der Waals surface area contributed by atoms with E-state index < -0.39 is 5.91 Å². The topological polar surface area (TPSA) is 95.5 Å². The van der Waals surface area contributed by atoms with Crippen LogP contribution >= 0.6 is 22.9 Å². The van der Waals surface area contributed by atoms with Gasteiger partial charge in [-0.05, 0) is 49.9 Å². The molecule has 2 aromatic rings. The van der Waals surface area contributed by atoms with Crippen LogP contribution in [0.2, 0.25) is 5.02 Å². The summed E-state index contributed by atoms with van der Waals surface area (Å²) in [4.78, 5) is 41.5. The van der Waals surface area contributed by atoms with E-state index in [1.807, 2.05) is 4.90 Å². The van der Waals surface area contributed by atoms with E-state index in [9.17, 15) is 14.4 Å². The van der Waals surface area contributed by atoms with Crippen molar-refractivity contribution in [2.75, 3.05) is 31.5 Å². The molecule has 158 valence electrons. The monoisotopic (exact) mass is 447 g/mol. The Balaban J connectivity index is 1.38. The minimum absolute atomic E-state index is 0.106. The highest BCUT2D eigenvalue weighted by Gasteiger charge is 2.33. The normalized spacial score (nSPS) is 19.0. The number of benzene rings is 1. The van der Waals surface area contributed by atoms with Gasteiger partial charge in [0, 0.05) is 36.9 Å². The zero-order chi connectivity index (χ0) is 21.1. The lowest BCUT2D eigenvalue weighted by Crippen LogP contribution is -2.46. The molecule has 10 heteroatoms. The highest BCUT2D eigenvalue weighted by Crippen LogP contribution is 2.24. The Morgan fingerprint density at radius 2 is 1.63 bits per heavy atom. The maximum atomic E-state index is 12.9. The van der Waals surface area contributed by atoms with Gasteiger partial charge in [0.15, 0.2) is 0 Å². The third-order valence-electron chi connectivity index (χ3n) is 5.38. The molecule has 4 rings (SSSR count). The van der Waals surface area contributed by atoms with E-state index in [4.69, 9.17) is 11.6 Å². The summed E-state index contributed by atoms with van der Waals surface area (Å²) in [7, 11) is 0. The van der Waals surface area contributed by atoms with E-state index in [-0.39, 0.29) is 27.7 Å². The summed E-state index contributed by atoms with van der Waals surface area (Å²) in [6.07, 6.45) is 3.67. The molecule has 1 N–H and O–H groups in total. The Morgan fingerprint density at radius 3 is 2.37 bits per heavy atom. The van der Waals surface area contributed by atoms with Crippen molar-refractivity contribution < 1.29 is 14.4 Å². The first-order chi connectivity index (χ1) is 14.5. The van der Waals surface area contributed by atoms with Crippen molar-refractivity contribution in [3.05, 3.63) is 39.3 Å². The molecule has 0 radical (unpaired) electrons. The van der Waals surface area contributed by atoms with Gasteiger partial charge in [-0.1, -0.05) is 22.9 Å². The molecule has 1 atom stereocenters. The molecule has 0 spiro atoms. The summed E-state index contributed by atoms with van der Waals surface area (Å²) in [5, 5.41) is 11.3. The van der Waals surface area contributed by atoms with Gasteiger partial charge in [0.2, 0.25) is 15.9 Å². The van der Waals surface area contributed by atoms with Crippen LogP contribution in [0, 0.1) is 5.92 Å². The minimum atomic E-state index is -0.436. The molecular weight excluding hydrogens is 426 g/mol. The SMILES string of the molecule is O=C(Nc1ccc(Cl)cc1)c1nnc(C(=O)N2CCC[C@H](C(=O)N3CCCC3)C2)s1. The van der Waals surface area contributed by atoms with Gasteiger partial charge in [0.25, 0.3) is 11.8 Å². The number of anilines is 1. The number of rotatable bonds is 4. The molecule has 1 aromatic heterocycles. The van der Waals surface area contributed by atoms with Gasteiger partial charge in [0.05, 0.1) is 5.92 Å². The highest BCUT2D eigenvalue weighted by molar-refractivity contribution is 7.15. The lowest BCUT2D eigenvalue weighted by molar-refractivity contribution is -0.135. The Labute approximate surface area is 183 Å². The van der Waals surface area contributed by atoms with Crippen molar-refractivity contribution in [1.29, 1.82) is 0 Å². The molecule has 3 heterocycles. The van der Waals surface area contributed by atoms with Crippen LogP contribution in [0.3, 0.4) is 0 Å². The molecule has 0 saturated carbocycles. The van der Waals surface area contributed by atoms with Crippen LogP contribution in [0.5, 0.6) is 0 Å². The summed E-state index contributed by atoms with van der Waals surface area (Å²) >= 11 is 6.80. The molecule has 2 fully saturated rings. The average molecular weight is 448 g/mol. The number of amides is 3. The van der Waals surface area contributed by atoms with E-state index in [2.05, 4.69) is 15.5 Å². The van der Waals surface area contributed by atoms with Crippen molar-refractivity contribution in [2.24, 2.45) is 5.92 Å². The maximum absolute atomic E-state index is 12.9. The lowest BCUT2D eigenvalue weighted by atomic mass is 9.96. The van der Waals surface area contributed by atoms with Crippen LogP contribution < -0.4 is 5.32 Å². The first-order valence-electron chi connectivity index (χ1n) is 10.00. The summed E-state index contributed by atoms with van der Waals surface area (Å²) in [6, 6.07) is 6.70. The van der Waals surface area contributed by atoms with Gasteiger partial charge < -0.3 is 15.1 Å². The van der Waals surface area contributed by atoms with E-state index in [0.29, 0.717) is 23.8 Å². The number of hydrogen-bond donors (Lipinski definition) is 1. The first kappa shape index (κ1) is 20.7. The van der Waals surface area contributed by atoms with Crippen LogP contribution in [0.1, 0.15) is 45.3 Å². The zero-order valence-electron chi connectivity index (χ0n) is 16.3. The molecular formula is C20H22ClN5O3S. The van der Waals surface area contributed by atoms with Crippen molar-refractivity contribution in [2.45, 2.75) is 25.7 Å². The zero-order valence-corrected chi connectivity index (χ0v) is 17.9. The number of aromatic nitrogens is 2. The minimum Gasteiger partial charge on any atom is -0.342 e.